The van der Waals surface area contributed by atoms with Gasteiger partial charge in [0.2, 0.25) is 0 Å². The molecule has 0 aliphatic carbocycles. The molecule has 0 radical (unpaired) electrons. The summed E-state index contributed by atoms with van der Waals surface area (Å²) >= 11 is 6.10. The summed E-state index contributed by atoms with van der Waals surface area (Å²) in [6.45, 7) is 9.75. The highest BCUT2D eigenvalue weighted by Gasteiger charge is 2.29. The average molecular weight is 298 g/mol. The van der Waals surface area contributed by atoms with E-state index in [9.17, 15) is 0 Å². The maximum atomic E-state index is 6.10. The minimum absolute atomic E-state index is 0.421. The number of halogens is 1. The van der Waals surface area contributed by atoms with E-state index in [0.29, 0.717) is 29.6 Å². The van der Waals surface area contributed by atoms with Gasteiger partial charge in [-0.15, -0.1) is 0 Å². The zero-order chi connectivity index (χ0) is 14.6. The first-order valence-electron chi connectivity index (χ1n) is 7.42. The summed E-state index contributed by atoms with van der Waals surface area (Å²) in [6, 6.07) is 1.85. The van der Waals surface area contributed by atoms with Gasteiger partial charge in [-0.3, -0.25) is 0 Å². The Kier molecular flexibility index (Phi) is 5.22. The molecule has 0 amide bonds. The molecule has 112 valence electrons. The smallest absolute Gasteiger partial charge is 0.158 e. The summed E-state index contributed by atoms with van der Waals surface area (Å²) < 4.78 is 5.37. The fourth-order valence-corrected chi connectivity index (χ4v) is 2.70. The van der Waals surface area contributed by atoms with Crippen LogP contribution in [-0.2, 0) is 11.3 Å². The third kappa shape index (κ3) is 3.83. The molecule has 1 saturated heterocycles. The van der Waals surface area contributed by atoms with Gasteiger partial charge in [-0.05, 0) is 25.2 Å². The minimum atomic E-state index is 0.421. The van der Waals surface area contributed by atoms with Crippen molar-refractivity contribution in [2.75, 3.05) is 24.6 Å². The molecule has 4 nitrogen and oxygen atoms in total. The topological polar surface area (TPSA) is 38.2 Å². The van der Waals surface area contributed by atoms with Crippen LogP contribution in [0.4, 0.5) is 5.82 Å². The number of piperidine rings is 1. The number of hydrogen-bond acceptors (Lipinski definition) is 4. The number of anilines is 1. The summed E-state index contributed by atoms with van der Waals surface area (Å²) in [5.74, 6) is 1.59. The van der Waals surface area contributed by atoms with Gasteiger partial charge in [0.1, 0.15) is 17.6 Å². The standard InChI is InChI=1S/C15H24ClN3O/c1-4-15(3)6-8-19(9-7-15)14-10-12(16)17-13(18-14)11-20-5-2/h10H,4-9,11H2,1-3H3. The second-order valence-electron chi connectivity index (χ2n) is 5.75. The van der Waals surface area contributed by atoms with E-state index < -0.39 is 0 Å². The van der Waals surface area contributed by atoms with Crippen LogP contribution in [0.2, 0.25) is 5.15 Å². The summed E-state index contributed by atoms with van der Waals surface area (Å²) in [6.07, 6.45) is 3.64. The third-order valence-electron chi connectivity index (χ3n) is 4.31. The van der Waals surface area contributed by atoms with E-state index >= 15 is 0 Å². The van der Waals surface area contributed by atoms with Gasteiger partial charge in [-0.25, -0.2) is 9.97 Å². The average Bonchev–Trinajstić information content (AvgIpc) is 2.45. The second kappa shape index (κ2) is 6.72. The van der Waals surface area contributed by atoms with Crippen molar-refractivity contribution in [1.82, 2.24) is 9.97 Å². The molecule has 5 heteroatoms. The molecule has 1 aromatic heterocycles. The van der Waals surface area contributed by atoms with Crippen LogP contribution in [0, 0.1) is 5.41 Å². The SMILES string of the molecule is CCOCc1nc(Cl)cc(N2CCC(C)(CC)CC2)n1. The normalized spacial score (nSPS) is 18.3. The van der Waals surface area contributed by atoms with E-state index in [2.05, 4.69) is 28.7 Å². The van der Waals surface area contributed by atoms with Crippen molar-refractivity contribution < 1.29 is 4.74 Å². The molecule has 0 aromatic carbocycles. The second-order valence-corrected chi connectivity index (χ2v) is 6.14. The number of aromatic nitrogens is 2. The Morgan fingerprint density at radius 1 is 1.30 bits per heavy atom. The fourth-order valence-electron chi connectivity index (χ4n) is 2.50. The molecule has 0 atom stereocenters. The van der Waals surface area contributed by atoms with Crippen molar-refractivity contribution in [2.45, 2.75) is 46.6 Å². The number of rotatable bonds is 5. The van der Waals surface area contributed by atoms with E-state index in [0.717, 1.165) is 18.9 Å². The van der Waals surface area contributed by atoms with Gasteiger partial charge in [-0.2, -0.15) is 0 Å². The van der Waals surface area contributed by atoms with Gasteiger partial charge in [0.05, 0.1) is 0 Å². The van der Waals surface area contributed by atoms with Crippen molar-refractivity contribution in [3.8, 4) is 0 Å². The molecule has 2 rings (SSSR count). The van der Waals surface area contributed by atoms with Crippen molar-refractivity contribution in [3.63, 3.8) is 0 Å². The lowest BCUT2D eigenvalue weighted by atomic mass is 9.78. The van der Waals surface area contributed by atoms with E-state index in [1.807, 2.05) is 13.0 Å². The zero-order valence-corrected chi connectivity index (χ0v) is 13.4. The highest BCUT2D eigenvalue weighted by atomic mass is 35.5. The summed E-state index contributed by atoms with van der Waals surface area (Å²) in [5, 5.41) is 0.494. The number of ether oxygens (including phenoxy) is 1. The Morgan fingerprint density at radius 3 is 2.60 bits per heavy atom. The first-order valence-corrected chi connectivity index (χ1v) is 7.80. The summed E-state index contributed by atoms with van der Waals surface area (Å²) in [7, 11) is 0. The van der Waals surface area contributed by atoms with E-state index in [4.69, 9.17) is 16.3 Å². The lowest BCUT2D eigenvalue weighted by Gasteiger charge is -2.39. The molecule has 0 unspecified atom stereocenters. The van der Waals surface area contributed by atoms with Crippen LogP contribution in [0.5, 0.6) is 0 Å². The lowest BCUT2D eigenvalue weighted by Crippen LogP contribution is -2.39. The molecule has 1 fully saturated rings. The Bertz CT molecular complexity index is 445. The van der Waals surface area contributed by atoms with Gasteiger partial charge >= 0.3 is 0 Å². The van der Waals surface area contributed by atoms with Gasteiger partial charge < -0.3 is 9.64 Å². The van der Waals surface area contributed by atoms with Crippen LogP contribution in [0.15, 0.2) is 6.07 Å². The van der Waals surface area contributed by atoms with Gasteiger partial charge in [-0.1, -0.05) is 31.9 Å². The monoisotopic (exact) mass is 297 g/mol. The summed E-state index contributed by atoms with van der Waals surface area (Å²) in [4.78, 5) is 11.1. The Labute approximate surface area is 126 Å². The Balaban J connectivity index is 2.07. The molecule has 1 aromatic rings. The molecule has 2 heterocycles. The first kappa shape index (κ1) is 15.5. The van der Waals surface area contributed by atoms with Crippen LogP contribution in [0.1, 0.15) is 45.9 Å². The highest BCUT2D eigenvalue weighted by Crippen LogP contribution is 2.35. The molecule has 20 heavy (non-hydrogen) atoms. The van der Waals surface area contributed by atoms with Crippen molar-refractivity contribution in [3.05, 3.63) is 17.0 Å². The zero-order valence-electron chi connectivity index (χ0n) is 12.7. The van der Waals surface area contributed by atoms with Gasteiger partial charge in [0.15, 0.2) is 5.82 Å². The molecule has 0 bridgehead atoms. The van der Waals surface area contributed by atoms with Crippen molar-refractivity contribution in [1.29, 1.82) is 0 Å². The van der Waals surface area contributed by atoms with E-state index in [-0.39, 0.29) is 0 Å². The fraction of sp³-hybridized carbons (Fsp3) is 0.733. The number of hydrogen-bond donors (Lipinski definition) is 0. The predicted molar refractivity (Wildman–Crippen MR) is 82.2 cm³/mol. The predicted octanol–water partition coefficient (Wildman–Crippen LogP) is 3.68. The largest absolute Gasteiger partial charge is 0.374 e. The Morgan fingerprint density at radius 2 is 2.00 bits per heavy atom. The molecule has 1 aliphatic rings. The first-order chi connectivity index (χ1) is 9.56. The van der Waals surface area contributed by atoms with Gasteiger partial charge in [0, 0.05) is 25.8 Å². The molecule has 0 saturated carbocycles. The maximum Gasteiger partial charge on any atom is 0.158 e. The summed E-state index contributed by atoms with van der Waals surface area (Å²) in [5.41, 5.74) is 0.474. The van der Waals surface area contributed by atoms with E-state index in [1.165, 1.54) is 19.3 Å². The lowest BCUT2D eigenvalue weighted by molar-refractivity contribution is 0.128. The van der Waals surface area contributed by atoms with Crippen LogP contribution in [0.25, 0.3) is 0 Å². The quantitative estimate of drug-likeness (QED) is 0.777. The van der Waals surface area contributed by atoms with E-state index in [1.54, 1.807) is 0 Å². The minimum Gasteiger partial charge on any atom is -0.374 e. The number of nitrogens with zero attached hydrogens (tertiary/aromatic N) is 3. The van der Waals surface area contributed by atoms with Crippen molar-refractivity contribution in [2.24, 2.45) is 5.41 Å². The van der Waals surface area contributed by atoms with Crippen LogP contribution >= 0.6 is 11.6 Å². The van der Waals surface area contributed by atoms with Crippen LogP contribution in [-0.4, -0.2) is 29.7 Å². The molecule has 0 N–H and O–H groups in total. The molecular formula is C15H24ClN3O. The third-order valence-corrected chi connectivity index (χ3v) is 4.50. The van der Waals surface area contributed by atoms with Crippen LogP contribution in [0.3, 0.4) is 0 Å². The highest BCUT2D eigenvalue weighted by molar-refractivity contribution is 6.29. The molecule has 1 aliphatic heterocycles. The van der Waals surface area contributed by atoms with Gasteiger partial charge in [0.25, 0.3) is 0 Å². The van der Waals surface area contributed by atoms with Crippen LogP contribution < -0.4 is 4.90 Å². The molecular weight excluding hydrogens is 274 g/mol. The maximum absolute atomic E-state index is 6.10. The van der Waals surface area contributed by atoms with Crippen molar-refractivity contribution >= 4 is 17.4 Å². The molecule has 0 spiro atoms. The Hall–Kier alpha value is -0.870.